The molecule has 38 heavy (non-hydrogen) atoms. The van der Waals surface area contributed by atoms with Gasteiger partial charge in [-0.1, -0.05) is 12.1 Å². The molecule has 0 spiro atoms. The summed E-state index contributed by atoms with van der Waals surface area (Å²) in [5, 5.41) is 2.83. The second-order valence-electron chi connectivity index (χ2n) is 9.62. The van der Waals surface area contributed by atoms with Crippen LogP contribution in [0.5, 0.6) is 0 Å². The van der Waals surface area contributed by atoms with Crippen molar-refractivity contribution >= 4 is 11.8 Å². The molecular weight excluding hydrogens is 521 g/mol. The quantitative estimate of drug-likeness (QED) is 0.497. The van der Waals surface area contributed by atoms with Gasteiger partial charge in [-0.2, -0.15) is 26.3 Å². The van der Waals surface area contributed by atoms with Crippen LogP contribution in [-0.2, 0) is 26.7 Å². The second kappa shape index (κ2) is 10.2. The summed E-state index contributed by atoms with van der Waals surface area (Å²) < 4.78 is 100. The van der Waals surface area contributed by atoms with Gasteiger partial charge >= 0.3 is 12.4 Å². The van der Waals surface area contributed by atoms with Gasteiger partial charge in [-0.3, -0.25) is 9.59 Å². The molecule has 12 heteroatoms. The number of hydrogen-bond acceptors (Lipinski definition) is 3. The summed E-state index contributed by atoms with van der Waals surface area (Å²) in [6.45, 7) is 2.66. The predicted octanol–water partition coefficient (Wildman–Crippen LogP) is 5.60. The molecule has 2 aromatic carbocycles. The lowest BCUT2D eigenvalue weighted by Crippen LogP contribution is -2.55. The highest BCUT2D eigenvalue weighted by Gasteiger charge is 2.51. The number of benzene rings is 2. The molecule has 2 amide bonds. The number of hydrogen-bond donors (Lipinski definition) is 1. The Labute approximate surface area is 213 Å². The third-order valence-electron chi connectivity index (χ3n) is 7.01. The van der Waals surface area contributed by atoms with Gasteiger partial charge in [0.25, 0.3) is 0 Å². The van der Waals surface area contributed by atoms with Gasteiger partial charge < -0.3 is 15.0 Å². The lowest BCUT2D eigenvalue weighted by atomic mass is 9.82. The maximum Gasteiger partial charge on any atom is 0.416 e. The van der Waals surface area contributed by atoms with Crippen LogP contribution in [-0.4, -0.2) is 41.4 Å². The Kier molecular flexibility index (Phi) is 7.48. The average molecular weight is 546 g/mol. The molecule has 0 aliphatic carbocycles. The maximum atomic E-state index is 13.7. The van der Waals surface area contributed by atoms with E-state index in [9.17, 15) is 40.3 Å². The Morgan fingerprint density at radius 3 is 2.13 bits per heavy atom. The van der Waals surface area contributed by atoms with Crippen LogP contribution in [0.1, 0.15) is 61.0 Å². The zero-order chi connectivity index (χ0) is 28.0. The average Bonchev–Trinajstić information content (AvgIpc) is 3.20. The van der Waals surface area contributed by atoms with Crippen LogP contribution in [0.2, 0.25) is 0 Å². The Morgan fingerprint density at radius 1 is 1.03 bits per heavy atom. The molecule has 5 atom stereocenters. The molecule has 4 rings (SSSR count). The molecule has 2 heterocycles. The molecule has 0 aromatic heterocycles. The molecular formula is C26H25F7N2O3. The number of halogens is 7. The Balaban J connectivity index is 1.72. The fourth-order valence-corrected chi connectivity index (χ4v) is 5.37. The molecule has 0 radical (unpaired) electrons. The van der Waals surface area contributed by atoms with E-state index in [0.717, 1.165) is 0 Å². The van der Waals surface area contributed by atoms with Gasteiger partial charge in [0.05, 0.1) is 35.4 Å². The molecule has 2 saturated heterocycles. The molecule has 5 nitrogen and oxygen atoms in total. The number of ether oxygens (including phenoxy) is 1. The van der Waals surface area contributed by atoms with Crippen LogP contribution in [0.3, 0.4) is 0 Å². The van der Waals surface area contributed by atoms with Crippen LogP contribution in [0.4, 0.5) is 30.7 Å². The van der Waals surface area contributed by atoms with Crippen LogP contribution >= 0.6 is 0 Å². The first-order valence-corrected chi connectivity index (χ1v) is 11.9. The first-order chi connectivity index (χ1) is 17.6. The van der Waals surface area contributed by atoms with Crippen molar-refractivity contribution in [1.29, 1.82) is 0 Å². The molecule has 2 aliphatic heterocycles. The van der Waals surface area contributed by atoms with Crippen molar-refractivity contribution in [2.75, 3.05) is 6.54 Å². The zero-order valence-electron chi connectivity index (χ0n) is 20.4. The third-order valence-corrected chi connectivity index (χ3v) is 7.01. The normalized spacial score (nSPS) is 24.8. The number of carbonyl (C=O) groups excluding carboxylic acids is 2. The van der Waals surface area contributed by atoms with Gasteiger partial charge in [0.1, 0.15) is 5.82 Å². The zero-order valence-corrected chi connectivity index (χ0v) is 20.4. The largest absolute Gasteiger partial charge is 0.416 e. The molecule has 0 bridgehead atoms. The maximum absolute atomic E-state index is 13.7. The molecule has 2 unspecified atom stereocenters. The number of rotatable bonds is 5. The van der Waals surface area contributed by atoms with E-state index in [1.165, 1.54) is 43.0 Å². The van der Waals surface area contributed by atoms with Crippen molar-refractivity contribution in [3.05, 3.63) is 70.5 Å². The SMILES string of the molecule is CC(=O)NC1CCC(=O)N2C[C@H](O[C@H](C)c3cc(C(F)(F)F)cc(C(F)(F)F)c3)[C@@H](c3ccc(F)cc3)C12. The second-order valence-corrected chi connectivity index (χ2v) is 9.62. The van der Waals surface area contributed by atoms with Crippen LogP contribution < -0.4 is 5.32 Å². The van der Waals surface area contributed by atoms with Crippen LogP contribution in [0, 0.1) is 5.82 Å². The first-order valence-electron chi connectivity index (χ1n) is 11.9. The smallest absolute Gasteiger partial charge is 0.368 e. The van der Waals surface area contributed by atoms with Crippen molar-refractivity contribution in [2.45, 2.75) is 69.3 Å². The molecule has 206 valence electrons. The van der Waals surface area contributed by atoms with Crippen LogP contribution in [0.25, 0.3) is 0 Å². The highest BCUT2D eigenvalue weighted by Crippen LogP contribution is 2.44. The van der Waals surface area contributed by atoms with Crippen molar-refractivity contribution < 1.29 is 45.1 Å². The first kappa shape index (κ1) is 27.9. The Morgan fingerprint density at radius 2 is 1.61 bits per heavy atom. The van der Waals surface area contributed by atoms with Gasteiger partial charge in [0.2, 0.25) is 11.8 Å². The summed E-state index contributed by atoms with van der Waals surface area (Å²) in [4.78, 5) is 26.2. The van der Waals surface area contributed by atoms with E-state index in [1.54, 1.807) is 0 Å². The van der Waals surface area contributed by atoms with E-state index < -0.39 is 59.5 Å². The van der Waals surface area contributed by atoms with E-state index in [2.05, 4.69) is 5.32 Å². The van der Waals surface area contributed by atoms with Crippen molar-refractivity contribution in [3.63, 3.8) is 0 Å². The van der Waals surface area contributed by atoms with E-state index >= 15 is 0 Å². The fourth-order valence-electron chi connectivity index (χ4n) is 5.37. The number of fused-ring (bicyclic) bond motifs is 1. The number of alkyl halides is 6. The minimum atomic E-state index is -5.02. The van der Waals surface area contributed by atoms with Gasteiger partial charge in [-0.05, 0) is 54.8 Å². The summed E-state index contributed by atoms with van der Waals surface area (Å²) in [5.74, 6) is -1.70. The molecule has 1 N–H and O–H groups in total. The standard InChI is InChI=1S/C26H25F7N2O3/c1-13(16-9-17(25(28,29)30)11-18(10-16)26(31,32)33)38-21-12-35-22(37)8-7-20(34-14(2)36)24(35)23(21)15-3-5-19(27)6-4-15/h3-6,9-11,13,20-21,23-24H,7-8,12H2,1-2H3,(H,34,36)/t13-,20?,21+,23-,24?/m1/s1. The number of amides is 2. The topological polar surface area (TPSA) is 58.6 Å². The summed E-state index contributed by atoms with van der Waals surface area (Å²) in [7, 11) is 0. The fraction of sp³-hybridized carbons (Fsp3) is 0.462. The molecule has 2 aliphatic rings. The molecule has 0 saturated carbocycles. The van der Waals surface area contributed by atoms with E-state index in [0.29, 0.717) is 24.1 Å². The van der Waals surface area contributed by atoms with E-state index in [-0.39, 0.29) is 36.4 Å². The summed E-state index contributed by atoms with van der Waals surface area (Å²) in [5.41, 5.74) is -2.70. The monoisotopic (exact) mass is 546 g/mol. The third kappa shape index (κ3) is 5.79. The Hall–Kier alpha value is -3.15. The van der Waals surface area contributed by atoms with E-state index in [1.807, 2.05) is 0 Å². The molecule has 2 fully saturated rings. The van der Waals surface area contributed by atoms with Crippen LogP contribution in [0.15, 0.2) is 42.5 Å². The summed E-state index contributed by atoms with van der Waals surface area (Å²) >= 11 is 0. The Bertz CT molecular complexity index is 1160. The van der Waals surface area contributed by atoms with Crippen molar-refractivity contribution in [2.24, 2.45) is 0 Å². The highest BCUT2D eigenvalue weighted by atomic mass is 19.4. The number of piperidine rings is 1. The van der Waals surface area contributed by atoms with Gasteiger partial charge in [-0.15, -0.1) is 0 Å². The lowest BCUT2D eigenvalue weighted by Gasteiger charge is -2.39. The number of nitrogens with zero attached hydrogens (tertiary/aromatic N) is 1. The van der Waals surface area contributed by atoms with Gasteiger partial charge in [0.15, 0.2) is 0 Å². The van der Waals surface area contributed by atoms with Gasteiger partial charge in [0, 0.05) is 25.8 Å². The predicted molar refractivity (Wildman–Crippen MR) is 121 cm³/mol. The summed E-state index contributed by atoms with van der Waals surface area (Å²) in [6, 6.07) is 5.58. The lowest BCUT2D eigenvalue weighted by molar-refractivity contribution is -0.143. The number of carbonyl (C=O) groups is 2. The van der Waals surface area contributed by atoms with Crippen molar-refractivity contribution in [3.8, 4) is 0 Å². The minimum Gasteiger partial charge on any atom is -0.368 e. The minimum absolute atomic E-state index is 0.00292. The molecule has 2 aromatic rings. The number of nitrogens with one attached hydrogen (secondary N) is 1. The summed E-state index contributed by atoms with van der Waals surface area (Å²) in [6.07, 6.45) is -11.6. The van der Waals surface area contributed by atoms with Crippen molar-refractivity contribution in [1.82, 2.24) is 10.2 Å². The van der Waals surface area contributed by atoms with E-state index in [4.69, 9.17) is 4.74 Å². The highest BCUT2D eigenvalue weighted by molar-refractivity contribution is 5.79. The van der Waals surface area contributed by atoms with Gasteiger partial charge in [-0.25, -0.2) is 4.39 Å².